The Hall–Kier alpha value is -0.580. The van der Waals surface area contributed by atoms with E-state index in [0.717, 1.165) is 25.0 Å². The minimum atomic E-state index is -0.610. The smallest absolute Gasteiger partial charge is 0.257 e. The molecule has 2 saturated heterocycles. The van der Waals surface area contributed by atoms with Crippen LogP contribution in [0.3, 0.4) is 0 Å². The average Bonchev–Trinajstić information content (AvgIpc) is 2.85. The zero-order valence-electron chi connectivity index (χ0n) is 12.7. The normalized spacial score (nSPS) is 41.6. The van der Waals surface area contributed by atoms with Crippen LogP contribution in [0.4, 0.5) is 0 Å². The van der Waals surface area contributed by atoms with Crippen LogP contribution >= 0.6 is 0 Å². The fourth-order valence-electron chi connectivity index (χ4n) is 4.42. The minimum absolute atomic E-state index is 0.321. The van der Waals surface area contributed by atoms with Gasteiger partial charge in [-0.1, -0.05) is 20.3 Å². The van der Waals surface area contributed by atoms with Crippen LogP contribution in [0.5, 0.6) is 0 Å². The van der Waals surface area contributed by atoms with Gasteiger partial charge in [0.05, 0.1) is 5.92 Å². The highest BCUT2D eigenvalue weighted by Crippen LogP contribution is 2.62. The number of hydrogen-bond donors (Lipinski definition) is 1. The van der Waals surface area contributed by atoms with Gasteiger partial charge in [-0.3, -0.25) is 9.57 Å². The van der Waals surface area contributed by atoms with Gasteiger partial charge in [-0.25, -0.2) is 0 Å². The Balaban J connectivity index is 1.60. The van der Waals surface area contributed by atoms with Crippen molar-refractivity contribution in [1.29, 1.82) is 0 Å². The van der Waals surface area contributed by atoms with E-state index in [1.54, 1.807) is 0 Å². The molecule has 1 N–H and O–H groups in total. The third-order valence-corrected chi connectivity index (χ3v) is 5.28. The first-order valence-electron chi connectivity index (χ1n) is 8.10. The fraction of sp³-hybridized carbons (Fsp3) is 0.875. The predicted octanol–water partition coefficient (Wildman–Crippen LogP) is 3.24. The highest BCUT2D eigenvalue weighted by Gasteiger charge is 2.72. The van der Waals surface area contributed by atoms with E-state index in [1.807, 2.05) is 0 Å². The zero-order chi connectivity index (χ0) is 14.0. The monoisotopic (exact) mass is 279 g/mol. The van der Waals surface area contributed by atoms with Crippen molar-refractivity contribution in [1.82, 2.24) is 5.48 Å². The average molecular weight is 279 g/mol. The predicted molar refractivity (Wildman–Crippen MR) is 74.4 cm³/mol. The standard InChI is InChI=1S/C16H25NO3/c1-10(2)9-12-13-11(3)14-16(13,20-17-12)19-15(18-14)7-5-4-6-8-15/h10,12-13,17H,4-9H2,1-3H3/t12-,13-,16?/m1/s1. The van der Waals surface area contributed by atoms with Crippen LogP contribution in [0, 0.1) is 11.8 Å². The summed E-state index contributed by atoms with van der Waals surface area (Å²) in [4.78, 5) is 5.92. The first kappa shape index (κ1) is 13.1. The molecule has 0 aromatic heterocycles. The van der Waals surface area contributed by atoms with Gasteiger partial charge in [-0.15, -0.1) is 0 Å². The van der Waals surface area contributed by atoms with Crippen molar-refractivity contribution >= 4 is 0 Å². The lowest BCUT2D eigenvalue weighted by Gasteiger charge is -2.39. The molecule has 1 saturated carbocycles. The lowest BCUT2D eigenvalue weighted by atomic mass is 9.72. The Bertz CT molecular complexity index is 453. The van der Waals surface area contributed by atoms with Gasteiger partial charge >= 0.3 is 0 Å². The molecule has 4 aliphatic rings. The maximum Gasteiger partial charge on any atom is 0.257 e. The fourth-order valence-corrected chi connectivity index (χ4v) is 4.42. The van der Waals surface area contributed by atoms with Gasteiger partial charge in [0.1, 0.15) is 0 Å². The summed E-state index contributed by atoms with van der Waals surface area (Å²) in [5.41, 5.74) is 4.54. The van der Waals surface area contributed by atoms with Crippen LogP contribution in [0.25, 0.3) is 0 Å². The Kier molecular flexibility index (Phi) is 2.76. The molecule has 4 nitrogen and oxygen atoms in total. The van der Waals surface area contributed by atoms with E-state index in [4.69, 9.17) is 14.3 Å². The Morgan fingerprint density at radius 1 is 1.25 bits per heavy atom. The number of rotatable bonds is 2. The lowest BCUT2D eigenvalue weighted by Crippen LogP contribution is -2.50. The van der Waals surface area contributed by atoms with Crippen molar-refractivity contribution in [2.75, 3.05) is 0 Å². The van der Waals surface area contributed by atoms with Gasteiger partial charge in [0.15, 0.2) is 5.76 Å². The topological polar surface area (TPSA) is 39.7 Å². The van der Waals surface area contributed by atoms with Crippen molar-refractivity contribution in [3.8, 4) is 0 Å². The minimum Gasteiger partial charge on any atom is -0.461 e. The molecule has 2 spiro atoms. The first-order chi connectivity index (χ1) is 9.56. The Labute approximate surface area is 120 Å². The molecule has 112 valence electrons. The number of hydroxylamine groups is 1. The molecule has 2 aliphatic carbocycles. The van der Waals surface area contributed by atoms with E-state index in [0.29, 0.717) is 17.9 Å². The molecule has 3 atom stereocenters. The van der Waals surface area contributed by atoms with E-state index < -0.39 is 11.6 Å². The van der Waals surface area contributed by atoms with Crippen LogP contribution < -0.4 is 5.48 Å². The molecule has 4 heteroatoms. The highest BCUT2D eigenvalue weighted by atomic mass is 16.9. The van der Waals surface area contributed by atoms with Gasteiger partial charge in [0, 0.05) is 18.9 Å². The van der Waals surface area contributed by atoms with Crippen LogP contribution in [0.1, 0.15) is 59.3 Å². The third-order valence-electron chi connectivity index (χ3n) is 5.28. The van der Waals surface area contributed by atoms with E-state index in [2.05, 4.69) is 26.3 Å². The van der Waals surface area contributed by atoms with Crippen molar-refractivity contribution in [2.24, 2.45) is 11.8 Å². The highest BCUT2D eigenvalue weighted by molar-refractivity contribution is 5.39. The molecule has 1 unspecified atom stereocenters. The molecule has 0 radical (unpaired) electrons. The number of hydrogen-bond acceptors (Lipinski definition) is 4. The molecule has 2 aliphatic heterocycles. The summed E-state index contributed by atoms with van der Waals surface area (Å²) in [6, 6.07) is 0.348. The van der Waals surface area contributed by atoms with Crippen molar-refractivity contribution in [3.05, 3.63) is 11.3 Å². The summed E-state index contributed by atoms with van der Waals surface area (Å²) in [7, 11) is 0. The molecule has 4 rings (SSSR count). The van der Waals surface area contributed by atoms with Gasteiger partial charge in [0.2, 0.25) is 5.79 Å². The summed E-state index contributed by atoms with van der Waals surface area (Å²) < 4.78 is 12.7. The van der Waals surface area contributed by atoms with Crippen LogP contribution in [-0.4, -0.2) is 17.6 Å². The van der Waals surface area contributed by atoms with Crippen LogP contribution in [-0.2, 0) is 14.3 Å². The Morgan fingerprint density at radius 3 is 2.70 bits per heavy atom. The second-order valence-corrected chi connectivity index (χ2v) is 7.29. The molecule has 3 fully saturated rings. The second kappa shape index (κ2) is 4.21. The van der Waals surface area contributed by atoms with Crippen molar-refractivity contribution in [3.63, 3.8) is 0 Å². The molecule has 0 amide bonds. The van der Waals surface area contributed by atoms with E-state index in [9.17, 15) is 0 Å². The van der Waals surface area contributed by atoms with Gasteiger partial charge in [0.25, 0.3) is 5.79 Å². The molecular formula is C16H25NO3. The molecule has 0 bridgehead atoms. The summed E-state index contributed by atoms with van der Waals surface area (Å²) in [5, 5.41) is 0. The van der Waals surface area contributed by atoms with Gasteiger partial charge in [-0.05, 0) is 37.7 Å². The van der Waals surface area contributed by atoms with Gasteiger partial charge < -0.3 is 4.74 Å². The quantitative estimate of drug-likeness (QED) is 0.842. The van der Waals surface area contributed by atoms with Crippen LogP contribution in [0.2, 0.25) is 0 Å². The molecule has 0 aromatic rings. The van der Waals surface area contributed by atoms with Crippen molar-refractivity contribution in [2.45, 2.75) is 76.9 Å². The molecule has 0 aromatic carbocycles. The molecule has 20 heavy (non-hydrogen) atoms. The maximum atomic E-state index is 6.42. The second-order valence-electron chi connectivity index (χ2n) is 7.29. The number of nitrogens with one attached hydrogen (secondary N) is 1. The Morgan fingerprint density at radius 2 is 2.00 bits per heavy atom. The molecular weight excluding hydrogens is 254 g/mol. The van der Waals surface area contributed by atoms with E-state index >= 15 is 0 Å². The van der Waals surface area contributed by atoms with Gasteiger partial charge in [-0.2, -0.15) is 5.48 Å². The lowest BCUT2D eigenvalue weighted by molar-refractivity contribution is -0.281. The largest absolute Gasteiger partial charge is 0.461 e. The SMILES string of the molecule is CC1=C2OC3(CCCCC3)OC23ON[C@H](CC(C)C)[C@@H]13. The van der Waals surface area contributed by atoms with E-state index in [-0.39, 0.29) is 0 Å². The molecule has 2 heterocycles. The maximum absolute atomic E-state index is 6.42. The first-order valence-corrected chi connectivity index (χ1v) is 8.10. The van der Waals surface area contributed by atoms with E-state index in [1.165, 1.54) is 24.8 Å². The summed E-state index contributed by atoms with van der Waals surface area (Å²) in [5.74, 6) is 0.914. The third kappa shape index (κ3) is 1.59. The number of ether oxygens (including phenoxy) is 2. The van der Waals surface area contributed by atoms with Crippen LogP contribution in [0.15, 0.2) is 11.3 Å². The summed E-state index contributed by atoms with van der Waals surface area (Å²) in [6.45, 7) is 6.67. The summed E-state index contributed by atoms with van der Waals surface area (Å²) in [6.07, 6.45) is 6.77. The summed E-state index contributed by atoms with van der Waals surface area (Å²) >= 11 is 0. The zero-order valence-corrected chi connectivity index (χ0v) is 12.7. The van der Waals surface area contributed by atoms with Crippen molar-refractivity contribution < 1.29 is 14.3 Å².